The normalized spacial score (nSPS) is 32.8. The first-order chi connectivity index (χ1) is 13.5. The lowest BCUT2D eigenvalue weighted by Gasteiger charge is -2.56. The molecule has 2 atom stereocenters. The molecule has 0 aromatic heterocycles. The van der Waals surface area contributed by atoms with E-state index in [4.69, 9.17) is 9.57 Å². The van der Waals surface area contributed by atoms with Gasteiger partial charge in [0, 0.05) is 12.8 Å². The zero-order chi connectivity index (χ0) is 21.4. The largest absolute Gasteiger partial charge is 0.449 e. The fourth-order valence-electron chi connectivity index (χ4n) is 5.32. The van der Waals surface area contributed by atoms with Crippen LogP contribution in [0, 0.1) is 23.7 Å². The number of carbonyl (C=O) groups excluding carboxylic acids is 2. The Hall–Kier alpha value is -0.840. The second-order valence-electron chi connectivity index (χ2n) is 9.27. The van der Waals surface area contributed by atoms with E-state index in [0.717, 1.165) is 29.8 Å². The zero-order valence-corrected chi connectivity index (χ0v) is 19.0. The number of hydrogen-bond donors (Lipinski definition) is 2. The number of ether oxygens (including phenoxy) is 1. The van der Waals surface area contributed by atoms with E-state index in [-0.39, 0.29) is 17.8 Å². The quantitative estimate of drug-likeness (QED) is 0.312. The summed E-state index contributed by atoms with van der Waals surface area (Å²) >= 11 is 4.07. The van der Waals surface area contributed by atoms with Crippen LogP contribution in [0.5, 0.6) is 0 Å². The Kier molecular flexibility index (Phi) is 6.87. The van der Waals surface area contributed by atoms with Crippen molar-refractivity contribution in [1.82, 2.24) is 9.79 Å². The molecule has 0 heterocycles. The number of hydroxylamine groups is 1. The van der Waals surface area contributed by atoms with E-state index in [1.165, 1.54) is 26.3 Å². The van der Waals surface area contributed by atoms with Crippen LogP contribution in [0.3, 0.4) is 0 Å². The van der Waals surface area contributed by atoms with Crippen LogP contribution in [-0.4, -0.2) is 61.9 Å². The molecule has 4 saturated carbocycles. The zero-order valence-electron chi connectivity index (χ0n) is 17.3. The summed E-state index contributed by atoms with van der Waals surface area (Å²) in [5.41, 5.74) is 2.80. The Morgan fingerprint density at radius 2 is 1.66 bits per heavy atom. The summed E-state index contributed by atoms with van der Waals surface area (Å²) in [6.07, 6.45) is 6.42. The van der Waals surface area contributed by atoms with Gasteiger partial charge < -0.3 is 9.57 Å². The number of sulfonamides is 1. The molecule has 29 heavy (non-hydrogen) atoms. The van der Waals surface area contributed by atoms with Crippen molar-refractivity contribution in [3.05, 3.63) is 0 Å². The maximum Gasteiger partial charge on any atom is 0.367 e. The van der Waals surface area contributed by atoms with Gasteiger partial charge in [-0.3, -0.25) is 4.79 Å². The molecule has 0 unspecified atom stereocenters. The Morgan fingerprint density at radius 3 is 2.10 bits per heavy atom. The van der Waals surface area contributed by atoms with Gasteiger partial charge in [-0.1, -0.05) is 6.92 Å². The molecular weight excluding hydrogens is 416 g/mol. The van der Waals surface area contributed by atoms with Crippen molar-refractivity contribution in [2.75, 3.05) is 25.6 Å². The van der Waals surface area contributed by atoms with E-state index in [9.17, 15) is 18.0 Å². The third kappa shape index (κ3) is 5.45. The number of nitrogens with zero attached hydrogens (tertiary/aromatic N) is 1. The van der Waals surface area contributed by atoms with Crippen LogP contribution in [-0.2, 0) is 29.2 Å². The fraction of sp³-hybridized carbons (Fsp3) is 0.895. The molecule has 0 aromatic carbocycles. The van der Waals surface area contributed by atoms with Gasteiger partial charge in [-0.15, -0.1) is 5.48 Å². The predicted molar refractivity (Wildman–Crippen MR) is 111 cm³/mol. The Morgan fingerprint density at radius 1 is 1.14 bits per heavy atom. The van der Waals surface area contributed by atoms with Gasteiger partial charge in [0.05, 0.1) is 24.3 Å². The van der Waals surface area contributed by atoms with Gasteiger partial charge in [0.25, 0.3) is 0 Å². The maximum atomic E-state index is 12.7. The molecule has 8 nitrogen and oxygen atoms in total. The van der Waals surface area contributed by atoms with Crippen molar-refractivity contribution in [3.8, 4) is 0 Å². The summed E-state index contributed by atoms with van der Waals surface area (Å²) in [6.45, 7) is 1.33. The van der Waals surface area contributed by atoms with Crippen LogP contribution < -0.4 is 5.48 Å². The molecule has 4 rings (SSSR count). The molecule has 4 fully saturated rings. The van der Waals surface area contributed by atoms with Gasteiger partial charge in [0.15, 0.2) is 0 Å². The van der Waals surface area contributed by atoms with Crippen molar-refractivity contribution in [3.63, 3.8) is 0 Å². The smallest absolute Gasteiger partial charge is 0.367 e. The molecule has 0 radical (unpaired) electrons. The minimum atomic E-state index is -3.55. The van der Waals surface area contributed by atoms with Gasteiger partial charge in [-0.05, 0) is 56.3 Å². The summed E-state index contributed by atoms with van der Waals surface area (Å²) in [4.78, 5) is 30.3. The first-order valence-electron chi connectivity index (χ1n) is 10.2. The number of carbonyl (C=O) groups is 2. The maximum absolute atomic E-state index is 12.7. The molecule has 4 aliphatic rings. The monoisotopic (exact) mass is 448 g/mol. The van der Waals surface area contributed by atoms with Crippen LogP contribution in [0.15, 0.2) is 0 Å². The third-order valence-corrected chi connectivity index (χ3v) is 8.42. The van der Waals surface area contributed by atoms with Crippen LogP contribution >= 0.6 is 12.6 Å². The molecule has 0 spiro atoms. The van der Waals surface area contributed by atoms with Crippen molar-refractivity contribution in [2.24, 2.45) is 23.7 Å². The number of hydrogen-bond acceptors (Lipinski definition) is 8. The number of thiol groups is 1. The molecular formula is C19H32N2O6S2. The van der Waals surface area contributed by atoms with Crippen LogP contribution in [0.4, 0.5) is 0 Å². The van der Waals surface area contributed by atoms with Crippen LogP contribution in [0.25, 0.3) is 0 Å². The van der Waals surface area contributed by atoms with E-state index >= 15 is 0 Å². The third-order valence-electron chi connectivity index (χ3n) is 6.59. The lowest BCUT2D eigenvalue weighted by Crippen LogP contribution is -2.59. The molecule has 0 aliphatic heterocycles. The molecule has 0 amide bonds. The summed E-state index contributed by atoms with van der Waals surface area (Å²) < 4.78 is 29.8. The topological polar surface area (TPSA) is 102 Å². The predicted octanol–water partition coefficient (Wildman–Crippen LogP) is 1.37. The van der Waals surface area contributed by atoms with E-state index in [0.29, 0.717) is 17.8 Å². The molecule has 166 valence electrons. The fourth-order valence-corrected chi connectivity index (χ4v) is 5.87. The number of nitrogens with one attached hydrogen (secondary N) is 1. The minimum absolute atomic E-state index is 0.208. The second kappa shape index (κ2) is 8.72. The summed E-state index contributed by atoms with van der Waals surface area (Å²) in [5.74, 6) is 0.368. The molecule has 0 aromatic rings. The number of rotatable bonds is 9. The first kappa shape index (κ1) is 22.8. The number of esters is 1. The summed E-state index contributed by atoms with van der Waals surface area (Å²) in [7, 11) is -2.21. The van der Waals surface area contributed by atoms with Crippen molar-refractivity contribution >= 4 is 34.6 Å². The number of likely N-dealkylation sites (N-methyl/N-ethyl adjacent to an activating group) is 1. The molecule has 0 saturated heterocycles. The van der Waals surface area contributed by atoms with Gasteiger partial charge in [-0.25, -0.2) is 17.5 Å². The Bertz CT molecular complexity index is 706. The standard InChI is InChI=1S/C19H32N2O6S2/c1-12(11-28)17(22)26-16(10-21(2)29(3,24)25)18(23)27-20-19-7-13-4-14(8-19)6-15(5-13)9-19/h12-16,20,28H,4-11H2,1-3H3/t12-,13?,14?,15?,16+,19?/m1/s1. The lowest BCUT2D eigenvalue weighted by molar-refractivity contribution is -0.184. The van der Waals surface area contributed by atoms with E-state index < -0.39 is 34.0 Å². The van der Waals surface area contributed by atoms with Gasteiger partial charge in [-0.2, -0.15) is 12.6 Å². The van der Waals surface area contributed by atoms with E-state index in [1.807, 2.05) is 0 Å². The molecule has 1 N–H and O–H groups in total. The summed E-state index contributed by atoms with van der Waals surface area (Å²) in [6, 6.07) is 0. The van der Waals surface area contributed by atoms with E-state index in [1.54, 1.807) is 6.92 Å². The van der Waals surface area contributed by atoms with Crippen molar-refractivity contribution < 1.29 is 27.6 Å². The van der Waals surface area contributed by atoms with E-state index in [2.05, 4.69) is 18.1 Å². The molecule has 4 bridgehead atoms. The highest BCUT2D eigenvalue weighted by Crippen LogP contribution is 2.55. The average Bonchev–Trinajstić information content (AvgIpc) is 2.62. The van der Waals surface area contributed by atoms with Gasteiger partial charge >= 0.3 is 11.9 Å². The van der Waals surface area contributed by atoms with Crippen LogP contribution in [0.1, 0.15) is 45.4 Å². The Balaban J connectivity index is 1.64. The van der Waals surface area contributed by atoms with Gasteiger partial charge in [0.2, 0.25) is 16.1 Å². The minimum Gasteiger partial charge on any atom is -0.449 e. The SMILES string of the molecule is C[C@H](CS)C(=O)O[C@@H](CN(C)S(C)(=O)=O)C(=O)ONC12CC3CC(CC(C3)C1)C2. The average molecular weight is 449 g/mol. The second-order valence-corrected chi connectivity index (χ2v) is 11.7. The Labute approximate surface area is 178 Å². The molecule has 4 aliphatic carbocycles. The van der Waals surface area contributed by atoms with Crippen LogP contribution in [0.2, 0.25) is 0 Å². The highest BCUT2D eigenvalue weighted by atomic mass is 32.2. The van der Waals surface area contributed by atoms with Gasteiger partial charge in [0.1, 0.15) is 0 Å². The first-order valence-corrected chi connectivity index (χ1v) is 12.7. The highest BCUT2D eigenvalue weighted by molar-refractivity contribution is 7.88. The van der Waals surface area contributed by atoms with Crippen molar-refractivity contribution in [1.29, 1.82) is 0 Å². The summed E-state index contributed by atoms with van der Waals surface area (Å²) in [5, 5.41) is 0. The van der Waals surface area contributed by atoms with Crippen molar-refractivity contribution in [2.45, 2.75) is 57.1 Å². The lowest BCUT2D eigenvalue weighted by atomic mass is 9.53. The molecule has 10 heteroatoms. The highest BCUT2D eigenvalue weighted by Gasteiger charge is 2.52.